The Morgan fingerprint density at radius 3 is 2.09 bits per heavy atom. The maximum absolute atomic E-state index is 12.2. The number of benzene rings is 3. The van der Waals surface area contributed by atoms with E-state index >= 15 is 0 Å². The van der Waals surface area contributed by atoms with Crippen molar-refractivity contribution in [3.05, 3.63) is 94.5 Å². The number of ether oxygens (including phenoxy) is 1. The molecule has 0 bridgehead atoms. The van der Waals surface area contributed by atoms with Gasteiger partial charge in [-0.1, -0.05) is 42.5 Å². The number of nitro groups is 1. The van der Waals surface area contributed by atoms with Crippen molar-refractivity contribution in [2.45, 2.75) is 0 Å². The summed E-state index contributed by atoms with van der Waals surface area (Å²) in [5, 5.41) is 15.5. The van der Waals surface area contributed by atoms with E-state index in [1.54, 1.807) is 12.1 Å². The van der Waals surface area contributed by atoms with Crippen molar-refractivity contribution in [1.29, 1.82) is 0 Å². The second-order valence-corrected chi connectivity index (χ2v) is 6.64. The van der Waals surface area contributed by atoms with Gasteiger partial charge in [0.2, 0.25) is 0 Å². The van der Waals surface area contributed by atoms with Gasteiger partial charge in [0, 0.05) is 23.4 Å². The molecule has 0 aliphatic rings. The van der Waals surface area contributed by atoms with Gasteiger partial charge >= 0.3 is 5.97 Å². The zero-order valence-electron chi connectivity index (χ0n) is 16.8. The lowest BCUT2D eigenvalue weighted by atomic mass is 10.0. The predicted molar refractivity (Wildman–Crippen MR) is 117 cm³/mol. The average molecular weight is 433 g/mol. The van der Waals surface area contributed by atoms with Crippen molar-refractivity contribution in [2.24, 2.45) is 0 Å². The van der Waals surface area contributed by atoms with Crippen LogP contribution in [0.3, 0.4) is 0 Å². The lowest BCUT2D eigenvalue weighted by molar-refractivity contribution is -0.384. The number of amides is 2. The van der Waals surface area contributed by atoms with Crippen molar-refractivity contribution in [1.82, 2.24) is 5.32 Å². The summed E-state index contributed by atoms with van der Waals surface area (Å²) < 4.78 is 4.83. The van der Waals surface area contributed by atoms with Crippen LogP contribution in [0.2, 0.25) is 0 Å². The summed E-state index contributed by atoms with van der Waals surface area (Å²) in [6.07, 6.45) is 0. The van der Waals surface area contributed by atoms with Crippen molar-refractivity contribution < 1.29 is 24.0 Å². The number of nitrogens with one attached hydrogen (secondary N) is 2. The van der Waals surface area contributed by atoms with Crippen molar-refractivity contribution in [2.75, 3.05) is 18.5 Å². The molecule has 0 spiro atoms. The molecule has 0 aliphatic carbocycles. The third-order valence-corrected chi connectivity index (χ3v) is 4.37. The molecule has 9 heteroatoms. The van der Waals surface area contributed by atoms with Crippen LogP contribution in [0.1, 0.15) is 10.4 Å². The van der Waals surface area contributed by atoms with Gasteiger partial charge < -0.3 is 15.4 Å². The van der Waals surface area contributed by atoms with Crippen molar-refractivity contribution in [3.63, 3.8) is 0 Å². The Morgan fingerprint density at radius 2 is 1.47 bits per heavy atom. The van der Waals surface area contributed by atoms with Gasteiger partial charge in [-0.25, -0.2) is 0 Å². The van der Waals surface area contributed by atoms with Crippen LogP contribution >= 0.6 is 0 Å². The first-order chi connectivity index (χ1) is 15.4. The zero-order valence-corrected chi connectivity index (χ0v) is 16.8. The first-order valence-electron chi connectivity index (χ1n) is 9.56. The molecule has 3 aromatic rings. The van der Waals surface area contributed by atoms with E-state index in [1.807, 2.05) is 42.5 Å². The second kappa shape index (κ2) is 10.5. The van der Waals surface area contributed by atoms with Gasteiger partial charge in [-0.05, 0) is 35.4 Å². The largest absolute Gasteiger partial charge is 0.454 e. The molecule has 0 unspecified atom stereocenters. The predicted octanol–water partition coefficient (Wildman–Crippen LogP) is 3.17. The number of hydrogen-bond donors (Lipinski definition) is 2. The Labute approximate surface area is 183 Å². The van der Waals surface area contributed by atoms with Crippen LogP contribution in [-0.2, 0) is 14.3 Å². The van der Waals surface area contributed by atoms with Crippen LogP contribution in [0.4, 0.5) is 11.4 Å². The van der Waals surface area contributed by atoms with E-state index in [2.05, 4.69) is 10.6 Å². The van der Waals surface area contributed by atoms with Crippen LogP contribution in [0.25, 0.3) is 11.1 Å². The lowest BCUT2D eigenvalue weighted by Crippen LogP contribution is -2.32. The van der Waals surface area contributed by atoms with E-state index in [-0.39, 0.29) is 5.69 Å². The van der Waals surface area contributed by atoms with Gasteiger partial charge in [0.05, 0.1) is 4.92 Å². The van der Waals surface area contributed by atoms with Gasteiger partial charge in [-0.15, -0.1) is 0 Å². The summed E-state index contributed by atoms with van der Waals surface area (Å²) in [6.45, 7) is -0.957. The van der Waals surface area contributed by atoms with E-state index < -0.39 is 35.9 Å². The summed E-state index contributed by atoms with van der Waals surface area (Å²) in [4.78, 5) is 45.9. The molecule has 0 heterocycles. The van der Waals surface area contributed by atoms with E-state index in [0.29, 0.717) is 11.3 Å². The van der Waals surface area contributed by atoms with E-state index in [4.69, 9.17) is 4.74 Å². The van der Waals surface area contributed by atoms with Gasteiger partial charge in [0.1, 0.15) is 6.54 Å². The maximum Gasteiger partial charge on any atom is 0.325 e. The monoisotopic (exact) mass is 433 g/mol. The molecular formula is C23H19N3O6. The molecule has 0 radical (unpaired) electrons. The number of carbonyl (C=O) groups is 3. The zero-order chi connectivity index (χ0) is 22.9. The van der Waals surface area contributed by atoms with E-state index in [1.165, 1.54) is 24.3 Å². The topological polar surface area (TPSA) is 128 Å². The fourth-order valence-electron chi connectivity index (χ4n) is 2.76. The lowest BCUT2D eigenvalue weighted by Gasteiger charge is -2.08. The number of anilines is 1. The Bertz CT molecular complexity index is 1110. The Hall–Kier alpha value is -4.53. The molecule has 3 rings (SSSR count). The summed E-state index contributed by atoms with van der Waals surface area (Å²) >= 11 is 0. The van der Waals surface area contributed by atoms with Gasteiger partial charge in [-0.3, -0.25) is 24.5 Å². The molecule has 0 saturated heterocycles. The fourth-order valence-corrected chi connectivity index (χ4v) is 2.76. The third-order valence-electron chi connectivity index (χ3n) is 4.37. The van der Waals surface area contributed by atoms with Crippen molar-refractivity contribution in [3.8, 4) is 11.1 Å². The fraction of sp³-hybridized carbons (Fsp3) is 0.0870. The number of nitrogens with zero attached hydrogens (tertiary/aromatic N) is 1. The first-order valence-corrected chi connectivity index (χ1v) is 9.56. The molecule has 2 amide bonds. The van der Waals surface area contributed by atoms with Crippen LogP contribution in [0, 0.1) is 10.1 Å². The van der Waals surface area contributed by atoms with E-state index in [0.717, 1.165) is 11.1 Å². The molecule has 0 aliphatic heterocycles. The van der Waals surface area contributed by atoms with Crippen LogP contribution < -0.4 is 10.6 Å². The number of carbonyl (C=O) groups excluding carboxylic acids is 3. The molecule has 0 aromatic heterocycles. The molecule has 162 valence electrons. The van der Waals surface area contributed by atoms with Gasteiger partial charge in [0.25, 0.3) is 17.5 Å². The van der Waals surface area contributed by atoms with Gasteiger partial charge in [-0.2, -0.15) is 0 Å². The average Bonchev–Trinajstić information content (AvgIpc) is 2.82. The minimum Gasteiger partial charge on any atom is -0.454 e. The number of non-ortho nitro benzene ring substituents is 1. The van der Waals surface area contributed by atoms with Crippen LogP contribution in [0.15, 0.2) is 78.9 Å². The van der Waals surface area contributed by atoms with Gasteiger partial charge in [0.15, 0.2) is 6.61 Å². The highest BCUT2D eigenvalue weighted by molar-refractivity contribution is 5.97. The van der Waals surface area contributed by atoms with E-state index in [9.17, 15) is 24.5 Å². The van der Waals surface area contributed by atoms with Crippen molar-refractivity contribution >= 4 is 29.2 Å². The first kappa shape index (κ1) is 22.2. The highest BCUT2D eigenvalue weighted by atomic mass is 16.6. The maximum atomic E-state index is 12.2. The quantitative estimate of drug-likeness (QED) is 0.319. The molecule has 0 fully saturated rings. The van der Waals surface area contributed by atoms with Crippen LogP contribution in [0.5, 0.6) is 0 Å². The third kappa shape index (κ3) is 6.23. The molecule has 0 atom stereocenters. The standard InChI is InChI=1S/C23H19N3O6/c27-21(25-19-10-12-20(13-11-19)26(30)31)15-32-22(28)14-24-23(29)18-8-6-17(7-9-18)16-4-2-1-3-5-16/h1-13H,14-15H2,(H,24,29)(H,25,27). The summed E-state index contributed by atoms with van der Waals surface area (Å²) in [7, 11) is 0. The molecular weight excluding hydrogens is 414 g/mol. The SMILES string of the molecule is O=C(COC(=O)CNC(=O)c1ccc(-c2ccccc2)cc1)Nc1ccc([N+](=O)[O-])cc1. The van der Waals surface area contributed by atoms with Crippen LogP contribution in [-0.4, -0.2) is 35.9 Å². The second-order valence-electron chi connectivity index (χ2n) is 6.64. The highest BCUT2D eigenvalue weighted by Crippen LogP contribution is 2.19. The smallest absolute Gasteiger partial charge is 0.325 e. The molecule has 9 nitrogen and oxygen atoms in total. The normalized spacial score (nSPS) is 10.1. The number of rotatable bonds is 8. The molecule has 3 aromatic carbocycles. The minimum atomic E-state index is -0.780. The Kier molecular flexibility index (Phi) is 7.26. The Morgan fingerprint density at radius 1 is 0.844 bits per heavy atom. The minimum absolute atomic E-state index is 0.111. The number of hydrogen-bond acceptors (Lipinski definition) is 6. The summed E-state index contributed by atoms with van der Waals surface area (Å²) in [6, 6.07) is 21.8. The number of nitro benzene ring substituents is 1. The summed E-state index contributed by atoms with van der Waals surface area (Å²) in [5.74, 6) is -1.84. The number of esters is 1. The molecule has 2 N–H and O–H groups in total. The molecule has 0 saturated carbocycles. The Balaban J connectivity index is 1.41. The summed E-state index contributed by atoms with van der Waals surface area (Å²) in [5.41, 5.74) is 2.58. The highest BCUT2D eigenvalue weighted by Gasteiger charge is 2.12. The molecule has 32 heavy (non-hydrogen) atoms.